The van der Waals surface area contributed by atoms with Gasteiger partial charge in [0, 0.05) is 138 Å². The maximum absolute atomic E-state index is 14.1. The molecule has 12 rings (SSSR count). The number of rotatable bonds is 22. The molecule has 126 heavy (non-hydrogen) atoms. The largest absolute Gasteiger partial charge is 0.471 e. The minimum Gasteiger partial charge on any atom is -0.455 e. The number of anilines is 3. The SMILES string of the molecule is CC1(C)CCC(CN2CCN(c3ccc(C(=O)CS(=O)(=O)c4ccc(NCC5CN(C(=O)C(F)(F)F)CCO5)c([N+](=O)[O-])c4)c(Oc4cnc5[nH]ccc5c4)c3)CC2)=C(c2ccc(C(F)(F)F)cc2Cl)C1.NCC1CN(C(=O)C(F)(F)F)CCO1.NS(=O)(=O)c1ccc(F)c([N+](=O)[O-])c1.NS(=O)(=O)c1ccc(NCC2CN(C(=O)C(F)(F)F)CCO2)c([N+](=O)[O-])c1. The van der Waals surface area contributed by atoms with Gasteiger partial charge in [0.2, 0.25) is 25.9 Å². The molecule has 4 saturated heterocycles. The smallest absolute Gasteiger partial charge is 0.455 e. The molecule has 686 valence electrons. The molecular formula is C74H79ClF13N15O20S3. The number of ketones is 1. The average Bonchev–Trinajstić information content (AvgIpc) is 0.934. The number of morpholine rings is 3. The zero-order valence-electron chi connectivity index (χ0n) is 66.0. The van der Waals surface area contributed by atoms with Crippen molar-refractivity contribution < 1.29 is 135 Å². The maximum atomic E-state index is 14.1. The molecule has 5 aliphatic rings. The number of nitro benzene ring substituents is 3. The van der Waals surface area contributed by atoms with Crippen LogP contribution in [0.25, 0.3) is 16.6 Å². The summed E-state index contributed by atoms with van der Waals surface area (Å²) >= 11 is 6.52. The average molecular weight is 1880 g/mol. The van der Waals surface area contributed by atoms with Gasteiger partial charge in [-0.3, -0.25) is 54.4 Å². The van der Waals surface area contributed by atoms with E-state index in [4.69, 9.17) is 46.6 Å². The summed E-state index contributed by atoms with van der Waals surface area (Å²) in [5.74, 6) is -8.66. The van der Waals surface area contributed by atoms with Gasteiger partial charge in [-0.2, -0.15) is 57.1 Å². The number of ether oxygens (including phenoxy) is 4. The first-order valence-electron chi connectivity index (χ1n) is 37.3. The van der Waals surface area contributed by atoms with Crippen molar-refractivity contribution >= 4 is 116 Å². The van der Waals surface area contributed by atoms with Crippen LogP contribution in [0.1, 0.15) is 54.6 Å². The Morgan fingerprint density at radius 1 is 0.619 bits per heavy atom. The van der Waals surface area contributed by atoms with Crippen molar-refractivity contribution in [1.82, 2.24) is 29.6 Å². The first-order chi connectivity index (χ1) is 58.6. The van der Waals surface area contributed by atoms with Crippen molar-refractivity contribution in [3.8, 4) is 11.5 Å². The van der Waals surface area contributed by atoms with Gasteiger partial charge in [-0.25, -0.2) is 40.5 Å². The molecule has 0 bridgehead atoms. The molecule has 5 aromatic carbocycles. The Bertz CT molecular complexity index is 5630. The fourth-order valence-electron chi connectivity index (χ4n) is 13.5. The van der Waals surface area contributed by atoms with Crippen molar-refractivity contribution in [1.29, 1.82) is 0 Å². The third-order valence-corrected chi connectivity index (χ3v) is 23.7. The number of nitrogens with two attached hydrogens (primary N) is 3. The van der Waals surface area contributed by atoms with Crippen molar-refractivity contribution in [2.75, 3.05) is 133 Å². The van der Waals surface area contributed by atoms with Crippen LogP contribution in [0.2, 0.25) is 5.02 Å². The van der Waals surface area contributed by atoms with Crippen LogP contribution in [0, 0.1) is 41.6 Å². The van der Waals surface area contributed by atoms with Gasteiger partial charge in [-0.15, -0.1) is 0 Å². The number of sulfone groups is 1. The predicted octanol–water partition coefficient (Wildman–Crippen LogP) is 10.1. The molecular weight excluding hydrogens is 1800 g/mol. The first kappa shape index (κ1) is 98.7. The van der Waals surface area contributed by atoms with E-state index < -0.39 is 167 Å². The number of alkyl halides is 12. The Labute approximate surface area is 712 Å². The van der Waals surface area contributed by atoms with Crippen LogP contribution in [0.4, 0.5) is 91.2 Å². The minimum atomic E-state index is -5.09. The summed E-state index contributed by atoms with van der Waals surface area (Å²) in [6.07, 6.45) is -16.3. The van der Waals surface area contributed by atoms with Crippen LogP contribution in [0.3, 0.4) is 0 Å². The number of amides is 3. The van der Waals surface area contributed by atoms with Crippen LogP contribution in [-0.2, 0) is 64.7 Å². The van der Waals surface area contributed by atoms with Crippen molar-refractivity contribution in [3.05, 3.63) is 179 Å². The van der Waals surface area contributed by atoms with Gasteiger partial charge in [-0.1, -0.05) is 37.1 Å². The van der Waals surface area contributed by atoms with Gasteiger partial charge < -0.3 is 59.9 Å². The number of halogens is 14. The standard InChI is InChI=1S/C48H48ClF6N7O8S.C13H15F3N4O6S.C7H11F3N2O2.C6H5FN2O4S/c1-46(2)11-9-30(38(23-46)36-6-3-31(20-39(36)49)47(50,51)52)26-59-13-15-60(16-14-59)32-4-7-37(43(21-32)70-33-19-29-10-12-56-44(29)58-24-33)42(63)28-71(67,68)35-5-8-40(41(22-35)62(65)66)57-25-34-27-61(17-18-69-34)45(64)48(53,54)55;14-13(15,16)12(21)19-3-4-26-8(7-19)6-18-10-2-1-9(27(17,24)25)5-11(10)20(22)23;8-7(9,10)6(13)12-1-2-14-5(3-11)4-12;7-5-2-1-4(14(8,12)13)3-6(5)9(10)11/h3-8,10,12,19-22,24,34,57H,9,11,13-18,23,25-28H2,1-2H3,(H,56,58);1-2,5,8,18H,3-4,6-7H2,(H2,17,24,25);5H,1-4,11H2;1-3H,(H2,8,12,13). The molecule has 4 fully saturated rings. The summed E-state index contributed by atoms with van der Waals surface area (Å²) in [5, 5.41) is 49.2. The first-order valence-corrected chi connectivity index (χ1v) is 42.5. The Hall–Kier alpha value is -11.0. The van der Waals surface area contributed by atoms with Gasteiger partial charge in [0.1, 0.15) is 34.3 Å². The monoisotopic (exact) mass is 1880 g/mol. The van der Waals surface area contributed by atoms with E-state index in [1.807, 2.05) is 0 Å². The van der Waals surface area contributed by atoms with Crippen molar-refractivity contribution in [3.63, 3.8) is 0 Å². The predicted molar refractivity (Wildman–Crippen MR) is 424 cm³/mol. The lowest BCUT2D eigenvalue weighted by molar-refractivity contribution is -0.387. The molecule has 6 heterocycles. The van der Waals surface area contributed by atoms with Gasteiger partial charge in [0.15, 0.2) is 15.6 Å². The summed E-state index contributed by atoms with van der Waals surface area (Å²) in [6.45, 7) is 5.21. The second-order valence-corrected chi connectivity index (χ2v) is 35.0. The van der Waals surface area contributed by atoms with E-state index in [0.717, 1.165) is 83.5 Å². The highest BCUT2D eigenvalue weighted by Gasteiger charge is 2.47. The highest BCUT2D eigenvalue weighted by atomic mass is 35.5. The van der Waals surface area contributed by atoms with Gasteiger partial charge in [0.25, 0.3) is 11.4 Å². The molecule has 3 amide bonds. The fraction of sp³-hybridized carbons (Fsp3) is 0.419. The molecule has 0 spiro atoms. The van der Waals surface area contributed by atoms with E-state index in [9.17, 15) is 132 Å². The maximum Gasteiger partial charge on any atom is 0.471 e. The van der Waals surface area contributed by atoms with E-state index in [1.165, 1.54) is 18.3 Å². The zero-order valence-corrected chi connectivity index (χ0v) is 69.2. The lowest BCUT2D eigenvalue weighted by atomic mass is 9.72. The molecule has 1 aliphatic carbocycles. The molecule has 52 heteroatoms. The van der Waals surface area contributed by atoms with Gasteiger partial charge in [0.05, 0.1) is 84.9 Å². The number of pyridine rings is 1. The number of fused-ring (bicyclic) bond motifs is 1. The molecule has 35 nitrogen and oxygen atoms in total. The van der Waals surface area contributed by atoms with Crippen LogP contribution >= 0.6 is 11.6 Å². The molecule has 0 saturated carbocycles. The Kier molecular flexibility index (Phi) is 31.6. The lowest BCUT2D eigenvalue weighted by Gasteiger charge is -2.39. The second-order valence-electron chi connectivity index (χ2n) is 29.5. The van der Waals surface area contributed by atoms with E-state index in [2.05, 4.69) is 44.2 Å². The highest BCUT2D eigenvalue weighted by molar-refractivity contribution is 7.92. The normalized spacial score (nSPS) is 18.0. The Morgan fingerprint density at radius 2 is 1.10 bits per heavy atom. The van der Waals surface area contributed by atoms with Crippen LogP contribution in [-0.4, -0.2) is 247 Å². The number of carbonyl (C=O) groups excluding carboxylic acids is 4. The number of Topliss-reactive ketones (excluding diaryl/α,β-unsaturated/α-hetero) is 1. The molecule has 4 aliphatic heterocycles. The fourth-order valence-corrected chi connectivity index (χ4v) is 16.1. The quantitative estimate of drug-likeness (QED) is 0.0159. The summed E-state index contributed by atoms with van der Waals surface area (Å²) in [6, 6.07) is 19.7. The number of primary sulfonamides is 2. The van der Waals surface area contributed by atoms with Crippen molar-refractivity contribution in [2.24, 2.45) is 21.4 Å². The van der Waals surface area contributed by atoms with E-state index in [-0.39, 0.29) is 111 Å². The summed E-state index contributed by atoms with van der Waals surface area (Å²) in [5.41, 5.74) is 5.73. The summed E-state index contributed by atoms with van der Waals surface area (Å²) < 4.78 is 260. The third kappa shape index (κ3) is 26.5. The number of hydrogen-bond acceptors (Lipinski definition) is 26. The number of aromatic amines is 1. The number of nitro groups is 3. The Morgan fingerprint density at radius 3 is 1.59 bits per heavy atom. The molecule has 9 N–H and O–H groups in total. The zero-order chi connectivity index (χ0) is 93.1. The second kappa shape index (κ2) is 40.3. The molecule has 0 radical (unpaired) electrons. The topological polar surface area (TPSA) is 484 Å². The summed E-state index contributed by atoms with van der Waals surface area (Å²) in [7, 11) is -12.7. The van der Waals surface area contributed by atoms with E-state index >= 15 is 0 Å². The number of hydrogen-bond donors (Lipinski definition) is 6. The van der Waals surface area contributed by atoms with Crippen LogP contribution < -0.4 is 36.3 Å². The van der Waals surface area contributed by atoms with Crippen molar-refractivity contribution in [2.45, 2.75) is 90.8 Å². The highest BCUT2D eigenvalue weighted by Crippen LogP contribution is 2.47. The number of nitrogens with one attached hydrogen (secondary N) is 3. The van der Waals surface area contributed by atoms with E-state index in [0.29, 0.717) is 83.4 Å². The van der Waals surface area contributed by atoms with Gasteiger partial charge in [-0.05, 0) is 109 Å². The minimum absolute atomic E-state index is 0.0285. The Balaban J connectivity index is 0.000000261. The summed E-state index contributed by atoms with van der Waals surface area (Å²) in [4.78, 5) is 90.8. The third-order valence-electron chi connectivity index (χ3n) is 19.9. The number of nitrogens with zero attached hydrogens (tertiary/aromatic N) is 9. The number of aromatic nitrogens is 2. The number of carbonyl (C=O) groups is 4. The van der Waals surface area contributed by atoms with Crippen LogP contribution in [0.15, 0.2) is 136 Å². The van der Waals surface area contributed by atoms with Gasteiger partial charge >= 0.3 is 48.1 Å². The number of H-pyrrole nitrogens is 1. The van der Waals surface area contributed by atoms with E-state index in [1.54, 1.807) is 30.5 Å². The molecule has 3 atom stereocenters. The number of piperazine rings is 1. The number of benzene rings is 5. The number of sulfonamides is 2. The molecule has 2 aromatic heterocycles. The van der Waals surface area contributed by atoms with Crippen LogP contribution in [0.5, 0.6) is 11.5 Å². The number of allylic oxidation sites excluding steroid dienone is 1. The molecule has 7 aromatic rings. The lowest BCUT2D eigenvalue weighted by Crippen LogP contribution is -2.52. The molecule has 3 unspecified atom stereocenters.